The van der Waals surface area contributed by atoms with Crippen LogP contribution in [0.15, 0.2) is 0 Å². The number of nitrogens with one attached hydrogen (secondary N) is 1. The topological polar surface area (TPSA) is 15.3 Å². The van der Waals surface area contributed by atoms with Gasteiger partial charge in [-0.05, 0) is 18.3 Å². The second kappa shape index (κ2) is 7.34. The van der Waals surface area contributed by atoms with Crippen LogP contribution in [0.3, 0.4) is 0 Å². The van der Waals surface area contributed by atoms with E-state index in [1.165, 1.54) is 6.42 Å². The summed E-state index contributed by atoms with van der Waals surface area (Å²) in [5.41, 5.74) is 3.47. The summed E-state index contributed by atoms with van der Waals surface area (Å²) in [7, 11) is 0. The second-order valence-corrected chi connectivity index (χ2v) is 4.60. The summed E-state index contributed by atoms with van der Waals surface area (Å²) in [5.74, 6) is 1.48. The molecule has 0 aromatic heterocycles. The van der Waals surface area contributed by atoms with Gasteiger partial charge in [-0.25, -0.2) is 5.01 Å². The molecule has 13 heavy (non-hydrogen) atoms. The van der Waals surface area contributed by atoms with E-state index in [-0.39, 0.29) is 0 Å². The summed E-state index contributed by atoms with van der Waals surface area (Å²) in [6.07, 6.45) is 1.20. The maximum atomic E-state index is 3.47. The molecule has 0 bridgehead atoms. The van der Waals surface area contributed by atoms with E-state index in [9.17, 15) is 0 Å². The first-order valence-electron chi connectivity index (χ1n) is 5.54. The third kappa shape index (κ3) is 8.26. The van der Waals surface area contributed by atoms with Gasteiger partial charge >= 0.3 is 0 Å². The Morgan fingerprint density at radius 2 is 1.46 bits per heavy atom. The highest BCUT2D eigenvalue weighted by atomic mass is 15.5. The van der Waals surface area contributed by atoms with Crippen LogP contribution >= 0.6 is 0 Å². The summed E-state index contributed by atoms with van der Waals surface area (Å²) in [5, 5.41) is 2.36. The van der Waals surface area contributed by atoms with Gasteiger partial charge in [-0.1, -0.05) is 34.6 Å². The van der Waals surface area contributed by atoms with Crippen LogP contribution in [0.5, 0.6) is 0 Å². The third-order valence-corrected chi connectivity index (χ3v) is 1.76. The Labute approximate surface area is 83.7 Å². The highest BCUT2D eigenvalue weighted by Gasteiger charge is 2.07. The van der Waals surface area contributed by atoms with E-state index in [0.717, 1.165) is 31.5 Å². The molecule has 0 aromatic rings. The molecule has 0 aliphatic carbocycles. The van der Waals surface area contributed by atoms with E-state index in [4.69, 9.17) is 0 Å². The maximum absolute atomic E-state index is 3.47. The number of hydrogen-bond donors (Lipinski definition) is 1. The van der Waals surface area contributed by atoms with E-state index < -0.39 is 0 Å². The monoisotopic (exact) mass is 186 g/mol. The SMILES string of the molecule is CCCNN(CC(C)C)CC(C)C. The lowest BCUT2D eigenvalue weighted by atomic mass is 10.2. The quantitative estimate of drug-likeness (QED) is 0.615. The fourth-order valence-electron chi connectivity index (χ4n) is 1.36. The van der Waals surface area contributed by atoms with Crippen LogP contribution in [-0.2, 0) is 0 Å². The van der Waals surface area contributed by atoms with Crippen LogP contribution < -0.4 is 5.43 Å². The lowest BCUT2D eigenvalue weighted by Gasteiger charge is -2.26. The van der Waals surface area contributed by atoms with Gasteiger partial charge in [-0.15, -0.1) is 0 Å². The smallest absolute Gasteiger partial charge is 0.0154 e. The van der Waals surface area contributed by atoms with Gasteiger partial charge in [0, 0.05) is 19.6 Å². The fourth-order valence-corrected chi connectivity index (χ4v) is 1.36. The van der Waals surface area contributed by atoms with Crippen molar-refractivity contribution in [1.82, 2.24) is 10.4 Å². The molecule has 2 heteroatoms. The molecule has 0 amide bonds. The summed E-state index contributed by atoms with van der Waals surface area (Å²) in [6.45, 7) is 14.7. The lowest BCUT2D eigenvalue weighted by molar-refractivity contribution is 0.148. The van der Waals surface area contributed by atoms with E-state index >= 15 is 0 Å². The first-order chi connectivity index (χ1) is 6.06. The zero-order valence-electron chi connectivity index (χ0n) is 9.93. The van der Waals surface area contributed by atoms with Crippen molar-refractivity contribution in [3.8, 4) is 0 Å². The van der Waals surface area contributed by atoms with Crippen molar-refractivity contribution in [2.24, 2.45) is 11.8 Å². The van der Waals surface area contributed by atoms with Gasteiger partial charge in [0.2, 0.25) is 0 Å². The molecular formula is C11H26N2. The lowest BCUT2D eigenvalue weighted by Crippen LogP contribution is -2.42. The molecule has 0 atom stereocenters. The molecule has 0 saturated carbocycles. The van der Waals surface area contributed by atoms with Crippen molar-refractivity contribution in [3.63, 3.8) is 0 Å². The summed E-state index contributed by atoms with van der Waals surface area (Å²) < 4.78 is 0. The first kappa shape index (κ1) is 12.9. The van der Waals surface area contributed by atoms with E-state index in [1.807, 2.05) is 0 Å². The molecule has 0 aliphatic rings. The number of hydrogen-bond acceptors (Lipinski definition) is 2. The van der Waals surface area contributed by atoms with Crippen molar-refractivity contribution in [3.05, 3.63) is 0 Å². The standard InChI is InChI=1S/C11H26N2/c1-6-7-12-13(8-10(2)3)9-11(4)5/h10-12H,6-9H2,1-5H3. The van der Waals surface area contributed by atoms with Crippen LogP contribution in [0.4, 0.5) is 0 Å². The summed E-state index contributed by atoms with van der Waals surface area (Å²) >= 11 is 0. The Bertz CT molecular complexity index is 101. The second-order valence-electron chi connectivity index (χ2n) is 4.60. The predicted molar refractivity (Wildman–Crippen MR) is 59.5 cm³/mol. The van der Waals surface area contributed by atoms with Gasteiger partial charge < -0.3 is 0 Å². The van der Waals surface area contributed by atoms with E-state index in [1.54, 1.807) is 0 Å². The molecule has 0 fully saturated rings. The Hall–Kier alpha value is -0.0800. The van der Waals surface area contributed by atoms with Gasteiger partial charge in [0.05, 0.1) is 0 Å². The third-order valence-electron chi connectivity index (χ3n) is 1.76. The van der Waals surface area contributed by atoms with Gasteiger partial charge in [-0.3, -0.25) is 5.43 Å². The minimum atomic E-state index is 0.739. The Morgan fingerprint density at radius 3 is 1.77 bits per heavy atom. The Morgan fingerprint density at radius 1 is 1.00 bits per heavy atom. The molecule has 0 heterocycles. The molecule has 0 radical (unpaired) electrons. The highest BCUT2D eigenvalue weighted by Crippen LogP contribution is 2.00. The van der Waals surface area contributed by atoms with Crippen LogP contribution in [0, 0.1) is 11.8 Å². The van der Waals surface area contributed by atoms with Crippen molar-refractivity contribution in [1.29, 1.82) is 0 Å². The van der Waals surface area contributed by atoms with E-state index in [2.05, 4.69) is 45.1 Å². The molecule has 0 spiro atoms. The predicted octanol–water partition coefficient (Wildman–Crippen LogP) is 2.52. The molecule has 1 N–H and O–H groups in total. The molecule has 2 nitrogen and oxygen atoms in total. The minimum absolute atomic E-state index is 0.739. The molecule has 0 saturated heterocycles. The van der Waals surface area contributed by atoms with Crippen LogP contribution in [-0.4, -0.2) is 24.6 Å². The summed E-state index contributed by atoms with van der Waals surface area (Å²) in [4.78, 5) is 0. The zero-order chi connectivity index (χ0) is 10.3. The van der Waals surface area contributed by atoms with Crippen LogP contribution in [0.2, 0.25) is 0 Å². The largest absolute Gasteiger partial charge is 0.255 e. The first-order valence-corrected chi connectivity index (χ1v) is 5.54. The number of hydrazine groups is 1. The average molecular weight is 186 g/mol. The highest BCUT2D eigenvalue weighted by molar-refractivity contribution is 4.58. The molecule has 80 valence electrons. The summed E-state index contributed by atoms with van der Waals surface area (Å²) in [6, 6.07) is 0. The van der Waals surface area contributed by atoms with Crippen LogP contribution in [0.25, 0.3) is 0 Å². The number of nitrogens with zero attached hydrogens (tertiary/aromatic N) is 1. The molecular weight excluding hydrogens is 160 g/mol. The molecule has 0 rings (SSSR count). The van der Waals surface area contributed by atoms with Gasteiger partial charge in [0.25, 0.3) is 0 Å². The molecule has 0 unspecified atom stereocenters. The van der Waals surface area contributed by atoms with Gasteiger partial charge in [0.15, 0.2) is 0 Å². The van der Waals surface area contributed by atoms with Gasteiger partial charge in [-0.2, -0.15) is 0 Å². The molecule has 0 aromatic carbocycles. The van der Waals surface area contributed by atoms with Gasteiger partial charge in [0.1, 0.15) is 0 Å². The number of rotatable bonds is 7. The van der Waals surface area contributed by atoms with Crippen molar-refractivity contribution >= 4 is 0 Å². The molecule has 0 aliphatic heterocycles. The van der Waals surface area contributed by atoms with Crippen molar-refractivity contribution in [2.75, 3.05) is 19.6 Å². The fraction of sp³-hybridized carbons (Fsp3) is 1.00. The normalized spacial score (nSPS) is 12.0. The average Bonchev–Trinajstić information content (AvgIpc) is 1.98. The van der Waals surface area contributed by atoms with Crippen LogP contribution in [0.1, 0.15) is 41.0 Å². The van der Waals surface area contributed by atoms with Crippen molar-refractivity contribution in [2.45, 2.75) is 41.0 Å². The van der Waals surface area contributed by atoms with Crippen molar-refractivity contribution < 1.29 is 0 Å². The maximum Gasteiger partial charge on any atom is 0.0154 e. The minimum Gasteiger partial charge on any atom is -0.255 e. The zero-order valence-corrected chi connectivity index (χ0v) is 9.93. The van der Waals surface area contributed by atoms with E-state index in [0.29, 0.717) is 0 Å². The Balaban J connectivity index is 3.73. The Kier molecular flexibility index (Phi) is 7.29.